The van der Waals surface area contributed by atoms with Gasteiger partial charge in [0.1, 0.15) is 0 Å². The van der Waals surface area contributed by atoms with Crippen molar-refractivity contribution in [2.24, 2.45) is 0 Å². The van der Waals surface area contributed by atoms with Crippen molar-refractivity contribution >= 4 is 0 Å². The third-order valence-corrected chi connectivity index (χ3v) is 2.76. The van der Waals surface area contributed by atoms with Gasteiger partial charge in [-0.3, -0.25) is 0 Å². The molecule has 0 spiro atoms. The topological polar surface area (TPSA) is 12.5 Å². The minimum Gasteiger partial charge on any atom is -0.370 e. The van der Waals surface area contributed by atoms with Crippen LogP contribution >= 0.6 is 0 Å². The average molecular weight is 178 g/mol. The summed E-state index contributed by atoms with van der Waals surface area (Å²) in [5.41, 5.74) is 0. The summed E-state index contributed by atoms with van der Waals surface area (Å²) in [6, 6.07) is 0. The van der Waals surface area contributed by atoms with Crippen LogP contribution in [0.25, 0.3) is 0 Å². The van der Waals surface area contributed by atoms with Crippen LogP contribution in [0.4, 0.5) is 0 Å². The van der Waals surface area contributed by atoms with E-state index in [2.05, 4.69) is 24.3 Å². The molecule has 0 aromatic heterocycles. The average Bonchev–Trinajstić information content (AvgIpc) is 2.83. The number of epoxide rings is 1. The van der Waals surface area contributed by atoms with Crippen LogP contribution in [0, 0.1) is 0 Å². The smallest absolute Gasteiger partial charge is 0.0845 e. The first kappa shape index (κ1) is 9.01. The molecule has 2 atom stereocenters. The van der Waals surface area contributed by atoms with Crippen molar-refractivity contribution in [3.8, 4) is 0 Å². The van der Waals surface area contributed by atoms with Crippen LogP contribution in [0.5, 0.6) is 0 Å². The summed E-state index contributed by atoms with van der Waals surface area (Å²) in [5.74, 6) is 0. The van der Waals surface area contributed by atoms with E-state index in [1.54, 1.807) is 0 Å². The number of allylic oxidation sites excluding steroid dienone is 4. The molecule has 1 heteroatoms. The van der Waals surface area contributed by atoms with Crippen LogP contribution in [0.15, 0.2) is 24.3 Å². The molecule has 0 radical (unpaired) electrons. The van der Waals surface area contributed by atoms with Crippen molar-refractivity contribution in [2.45, 2.75) is 50.7 Å². The molecular formula is C12H18O. The highest BCUT2D eigenvalue weighted by Crippen LogP contribution is 2.30. The Balaban J connectivity index is 1.80. The molecule has 72 valence electrons. The zero-order valence-electron chi connectivity index (χ0n) is 8.11. The highest BCUT2D eigenvalue weighted by Gasteiger charge is 2.36. The van der Waals surface area contributed by atoms with E-state index in [1.807, 2.05) is 0 Å². The Bertz CT molecular complexity index is 183. The lowest BCUT2D eigenvalue weighted by atomic mass is 10.1. The van der Waals surface area contributed by atoms with Crippen LogP contribution in [0.2, 0.25) is 0 Å². The fourth-order valence-electron chi connectivity index (χ4n) is 1.87. The van der Waals surface area contributed by atoms with Gasteiger partial charge in [0.05, 0.1) is 12.2 Å². The van der Waals surface area contributed by atoms with Crippen LogP contribution in [-0.2, 0) is 4.74 Å². The van der Waals surface area contributed by atoms with E-state index in [0.29, 0.717) is 12.2 Å². The van der Waals surface area contributed by atoms with E-state index in [1.165, 1.54) is 38.5 Å². The molecule has 0 aromatic carbocycles. The molecule has 0 unspecified atom stereocenters. The predicted octanol–water partition coefficient (Wildman–Crippen LogP) is 3.22. The standard InChI is InChI=1S/C12H18O/c1-2-4-6-8-10-12-11(13-12)9-7-5-3-1/h3-6,11-12H,1-2,7-10H2/b5-3+,6-4+/t11-,12-/m1/s1. The lowest BCUT2D eigenvalue weighted by molar-refractivity contribution is 0.357. The van der Waals surface area contributed by atoms with Crippen molar-refractivity contribution in [1.29, 1.82) is 0 Å². The Kier molecular flexibility index (Phi) is 3.20. The van der Waals surface area contributed by atoms with Crippen LogP contribution in [-0.4, -0.2) is 12.2 Å². The van der Waals surface area contributed by atoms with E-state index in [0.717, 1.165) is 0 Å². The molecule has 0 aromatic rings. The first-order chi connectivity index (χ1) is 6.47. The Hall–Kier alpha value is -0.560. The van der Waals surface area contributed by atoms with Crippen molar-refractivity contribution in [3.63, 3.8) is 0 Å². The monoisotopic (exact) mass is 178 g/mol. The largest absolute Gasteiger partial charge is 0.370 e. The number of hydrogen-bond donors (Lipinski definition) is 0. The van der Waals surface area contributed by atoms with Crippen molar-refractivity contribution < 1.29 is 4.74 Å². The molecule has 1 nitrogen and oxygen atoms in total. The van der Waals surface area contributed by atoms with E-state index < -0.39 is 0 Å². The summed E-state index contributed by atoms with van der Waals surface area (Å²) >= 11 is 0. The maximum atomic E-state index is 5.56. The van der Waals surface area contributed by atoms with Gasteiger partial charge in [0.15, 0.2) is 0 Å². The van der Waals surface area contributed by atoms with E-state index in [9.17, 15) is 0 Å². The highest BCUT2D eigenvalue weighted by molar-refractivity contribution is 4.94. The summed E-state index contributed by atoms with van der Waals surface area (Å²) in [7, 11) is 0. The SMILES string of the molecule is C1=C/CC[C@H]2O[C@@H]2CC/C=C/CC/1. The van der Waals surface area contributed by atoms with Gasteiger partial charge in [0.25, 0.3) is 0 Å². The first-order valence-corrected chi connectivity index (χ1v) is 5.42. The Morgan fingerprint density at radius 1 is 0.692 bits per heavy atom. The minimum atomic E-state index is 0.581. The van der Waals surface area contributed by atoms with E-state index >= 15 is 0 Å². The molecule has 1 aliphatic heterocycles. The third kappa shape index (κ3) is 3.00. The molecule has 2 rings (SSSR count). The van der Waals surface area contributed by atoms with Gasteiger partial charge in [-0.1, -0.05) is 24.3 Å². The van der Waals surface area contributed by atoms with Gasteiger partial charge < -0.3 is 4.74 Å². The fraction of sp³-hybridized carbons (Fsp3) is 0.667. The van der Waals surface area contributed by atoms with Crippen molar-refractivity contribution in [3.05, 3.63) is 24.3 Å². The van der Waals surface area contributed by atoms with Gasteiger partial charge in [0, 0.05) is 0 Å². The van der Waals surface area contributed by atoms with Gasteiger partial charge in [-0.25, -0.2) is 0 Å². The summed E-state index contributed by atoms with van der Waals surface area (Å²) < 4.78 is 5.56. The fourth-order valence-corrected chi connectivity index (χ4v) is 1.87. The normalized spacial score (nSPS) is 39.4. The maximum absolute atomic E-state index is 5.56. The lowest BCUT2D eigenvalue weighted by Gasteiger charge is -1.94. The summed E-state index contributed by atoms with van der Waals surface area (Å²) in [4.78, 5) is 0. The van der Waals surface area contributed by atoms with E-state index in [4.69, 9.17) is 4.74 Å². The van der Waals surface area contributed by atoms with Crippen LogP contribution in [0.1, 0.15) is 38.5 Å². The van der Waals surface area contributed by atoms with E-state index in [-0.39, 0.29) is 0 Å². The van der Waals surface area contributed by atoms with Gasteiger partial charge >= 0.3 is 0 Å². The second-order valence-electron chi connectivity index (χ2n) is 3.89. The minimum absolute atomic E-state index is 0.581. The molecule has 0 bridgehead atoms. The van der Waals surface area contributed by atoms with Crippen molar-refractivity contribution in [2.75, 3.05) is 0 Å². The molecule has 1 heterocycles. The molecule has 0 N–H and O–H groups in total. The summed E-state index contributed by atoms with van der Waals surface area (Å²) in [6.07, 6.45) is 17.6. The third-order valence-electron chi connectivity index (χ3n) is 2.76. The maximum Gasteiger partial charge on any atom is 0.0845 e. The zero-order valence-corrected chi connectivity index (χ0v) is 8.11. The predicted molar refractivity (Wildman–Crippen MR) is 54.6 cm³/mol. The molecule has 1 fully saturated rings. The molecule has 1 aliphatic carbocycles. The van der Waals surface area contributed by atoms with Crippen molar-refractivity contribution in [1.82, 2.24) is 0 Å². The van der Waals surface area contributed by atoms with Crippen LogP contribution in [0.3, 0.4) is 0 Å². The molecule has 0 amide bonds. The number of fused-ring (bicyclic) bond motifs is 1. The first-order valence-electron chi connectivity index (χ1n) is 5.42. The summed E-state index contributed by atoms with van der Waals surface area (Å²) in [5, 5.41) is 0. The molecule has 13 heavy (non-hydrogen) atoms. The lowest BCUT2D eigenvalue weighted by Crippen LogP contribution is -1.93. The summed E-state index contributed by atoms with van der Waals surface area (Å²) in [6.45, 7) is 0. The molecule has 1 saturated heterocycles. The van der Waals surface area contributed by atoms with Crippen LogP contribution < -0.4 is 0 Å². The number of hydrogen-bond acceptors (Lipinski definition) is 1. The zero-order chi connectivity index (χ0) is 8.93. The number of rotatable bonds is 0. The highest BCUT2D eigenvalue weighted by atomic mass is 16.6. The second-order valence-corrected chi connectivity index (χ2v) is 3.89. The number of ether oxygens (including phenoxy) is 1. The van der Waals surface area contributed by atoms with Gasteiger partial charge in [-0.05, 0) is 38.5 Å². The van der Waals surface area contributed by atoms with Gasteiger partial charge in [-0.15, -0.1) is 0 Å². The molecular weight excluding hydrogens is 160 g/mol. The second kappa shape index (κ2) is 4.61. The Labute approximate surface area is 80.5 Å². The quantitative estimate of drug-likeness (QED) is 0.410. The van der Waals surface area contributed by atoms with Gasteiger partial charge in [-0.2, -0.15) is 0 Å². The van der Waals surface area contributed by atoms with Gasteiger partial charge in [0.2, 0.25) is 0 Å². The Morgan fingerprint density at radius 3 is 1.69 bits per heavy atom. The molecule has 0 saturated carbocycles. The Morgan fingerprint density at radius 2 is 1.15 bits per heavy atom. The molecule has 2 aliphatic rings.